The Bertz CT molecular complexity index is 1140. The summed E-state index contributed by atoms with van der Waals surface area (Å²) in [4.78, 5) is 32.9. The lowest BCUT2D eigenvalue weighted by Crippen LogP contribution is -2.35. The van der Waals surface area contributed by atoms with E-state index >= 15 is 0 Å². The van der Waals surface area contributed by atoms with Crippen molar-refractivity contribution in [3.63, 3.8) is 0 Å². The maximum absolute atomic E-state index is 13.5. The zero-order chi connectivity index (χ0) is 22.5. The maximum Gasteiger partial charge on any atom is 0.266 e. The standard InChI is InChI=1S/C25H30ClN3O2/c1-5-6-7-8-13-23(30)28(4)18(3)24-27-21-12-10-9-11-20(21)25(31)29(24)22-15-14-19(26)16-17(22)2/h9-12,14-16,18H,5-8,13H2,1-4H3. The summed E-state index contributed by atoms with van der Waals surface area (Å²) in [6, 6.07) is 12.4. The number of fused-ring (bicyclic) bond motifs is 1. The number of aryl methyl sites for hydroxylation is 1. The Labute approximate surface area is 188 Å². The summed E-state index contributed by atoms with van der Waals surface area (Å²) < 4.78 is 1.62. The van der Waals surface area contributed by atoms with Crippen molar-refractivity contribution in [3.05, 3.63) is 69.2 Å². The second-order valence-corrected chi connectivity index (χ2v) is 8.49. The topological polar surface area (TPSA) is 55.2 Å². The molecule has 164 valence electrons. The van der Waals surface area contributed by atoms with Crippen LogP contribution in [0.4, 0.5) is 0 Å². The van der Waals surface area contributed by atoms with E-state index in [2.05, 4.69) is 6.92 Å². The van der Waals surface area contributed by atoms with E-state index in [0.717, 1.165) is 36.9 Å². The third-order valence-corrected chi connectivity index (χ3v) is 6.03. The van der Waals surface area contributed by atoms with Crippen molar-refractivity contribution in [1.29, 1.82) is 0 Å². The number of hydrogen-bond acceptors (Lipinski definition) is 3. The molecule has 0 aliphatic rings. The highest BCUT2D eigenvalue weighted by atomic mass is 35.5. The maximum atomic E-state index is 13.5. The summed E-state index contributed by atoms with van der Waals surface area (Å²) in [5.74, 6) is 0.601. The molecule has 0 fully saturated rings. The van der Waals surface area contributed by atoms with Gasteiger partial charge in [-0.25, -0.2) is 4.98 Å². The van der Waals surface area contributed by atoms with Crippen LogP contribution in [0.3, 0.4) is 0 Å². The molecule has 1 heterocycles. The minimum Gasteiger partial charge on any atom is -0.336 e. The van der Waals surface area contributed by atoms with E-state index in [0.29, 0.717) is 28.2 Å². The van der Waals surface area contributed by atoms with E-state index < -0.39 is 0 Å². The van der Waals surface area contributed by atoms with Gasteiger partial charge in [0.15, 0.2) is 0 Å². The van der Waals surface area contributed by atoms with Gasteiger partial charge in [0, 0.05) is 18.5 Å². The SMILES string of the molecule is CCCCCCC(=O)N(C)C(C)c1nc2ccccc2c(=O)n1-c1ccc(Cl)cc1C. The van der Waals surface area contributed by atoms with Gasteiger partial charge in [0.05, 0.1) is 22.6 Å². The summed E-state index contributed by atoms with van der Waals surface area (Å²) >= 11 is 6.15. The Morgan fingerprint density at radius 2 is 1.90 bits per heavy atom. The van der Waals surface area contributed by atoms with Gasteiger partial charge in [-0.1, -0.05) is 49.9 Å². The number of unbranched alkanes of at least 4 members (excludes halogenated alkanes) is 3. The highest BCUT2D eigenvalue weighted by Gasteiger charge is 2.24. The number of aromatic nitrogens is 2. The van der Waals surface area contributed by atoms with Gasteiger partial charge in [-0.3, -0.25) is 14.2 Å². The van der Waals surface area contributed by atoms with E-state index in [1.54, 1.807) is 28.6 Å². The first kappa shape index (κ1) is 23.0. The van der Waals surface area contributed by atoms with E-state index in [4.69, 9.17) is 16.6 Å². The molecule has 0 aliphatic carbocycles. The van der Waals surface area contributed by atoms with Crippen molar-refractivity contribution in [2.75, 3.05) is 7.05 Å². The van der Waals surface area contributed by atoms with Gasteiger partial charge in [0.2, 0.25) is 5.91 Å². The molecule has 0 N–H and O–H groups in total. The van der Waals surface area contributed by atoms with Crippen LogP contribution in [0.5, 0.6) is 0 Å². The quantitative estimate of drug-likeness (QED) is 0.414. The molecule has 1 unspecified atom stereocenters. The minimum absolute atomic E-state index is 0.0605. The zero-order valence-electron chi connectivity index (χ0n) is 18.7. The van der Waals surface area contributed by atoms with Gasteiger partial charge < -0.3 is 4.90 Å². The van der Waals surface area contributed by atoms with E-state index in [1.165, 1.54) is 0 Å². The number of halogens is 1. The molecule has 0 radical (unpaired) electrons. The normalized spacial score (nSPS) is 12.2. The molecule has 1 atom stereocenters. The molecule has 0 spiro atoms. The lowest BCUT2D eigenvalue weighted by molar-refractivity contribution is -0.132. The van der Waals surface area contributed by atoms with Crippen LogP contribution in [0.1, 0.15) is 63.4 Å². The van der Waals surface area contributed by atoms with Crippen LogP contribution in [-0.2, 0) is 4.79 Å². The number of hydrogen-bond donors (Lipinski definition) is 0. The van der Waals surface area contributed by atoms with Crippen LogP contribution in [-0.4, -0.2) is 27.4 Å². The van der Waals surface area contributed by atoms with E-state index in [-0.39, 0.29) is 17.5 Å². The Kier molecular flexibility index (Phi) is 7.50. The first-order chi connectivity index (χ1) is 14.8. The van der Waals surface area contributed by atoms with Gasteiger partial charge >= 0.3 is 0 Å². The predicted octanol–water partition coefficient (Wildman–Crippen LogP) is 5.84. The Balaban J connectivity index is 2.08. The van der Waals surface area contributed by atoms with Crippen LogP contribution in [0.15, 0.2) is 47.3 Å². The molecule has 1 aromatic heterocycles. The average molecular weight is 440 g/mol. The lowest BCUT2D eigenvalue weighted by atomic mass is 10.1. The molecule has 0 saturated heterocycles. The van der Waals surface area contributed by atoms with Gasteiger partial charge in [0.1, 0.15) is 5.82 Å². The van der Waals surface area contributed by atoms with Crippen LogP contribution in [0, 0.1) is 6.92 Å². The van der Waals surface area contributed by atoms with Crippen molar-refractivity contribution < 1.29 is 4.79 Å². The zero-order valence-corrected chi connectivity index (χ0v) is 19.4. The second kappa shape index (κ2) is 10.1. The molecule has 5 nitrogen and oxygen atoms in total. The summed E-state index contributed by atoms with van der Waals surface area (Å²) in [7, 11) is 1.78. The predicted molar refractivity (Wildman–Crippen MR) is 127 cm³/mol. The largest absolute Gasteiger partial charge is 0.336 e. The van der Waals surface area contributed by atoms with Gasteiger partial charge in [-0.15, -0.1) is 0 Å². The van der Waals surface area contributed by atoms with E-state index in [1.807, 2.05) is 44.2 Å². The number of rotatable bonds is 8. The number of carbonyl (C=O) groups excluding carboxylic acids is 1. The van der Waals surface area contributed by atoms with Gasteiger partial charge in [0.25, 0.3) is 5.56 Å². The van der Waals surface area contributed by atoms with Crippen LogP contribution in [0.25, 0.3) is 16.6 Å². The molecule has 6 heteroatoms. The first-order valence-corrected chi connectivity index (χ1v) is 11.3. The third-order valence-electron chi connectivity index (χ3n) is 5.79. The second-order valence-electron chi connectivity index (χ2n) is 8.05. The smallest absolute Gasteiger partial charge is 0.266 e. The fourth-order valence-corrected chi connectivity index (χ4v) is 4.03. The van der Waals surface area contributed by atoms with Crippen molar-refractivity contribution in [2.24, 2.45) is 0 Å². The molecule has 0 bridgehead atoms. The van der Waals surface area contributed by atoms with Crippen molar-refractivity contribution in [2.45, 2.75) is 58.9 Å². The number of amides is 1. The molecule has 2 aromatic carbocycles. The molecule has 0 aliphatic heterocycles. The van der Waals surface area contributed by atoms with Crippen molar-refractivity contribution >= 4 is 28.4 Å². The molecular formula is C25H30ClN3O2. The molecule has 31 heavy (non-hydrogen) atoms. The number of para-hydroxylation sites is 1. The summed E-state index contributed by atoms with van der Waals surface area (Å²) in [6.07, 6.45) is 4.69. The van der Waals surface area contributed by atoms with Crippen molar-refractivity contribution in [3.8, 4) is 5.69 Å². The summed E-state index contributed by atoms with van der Waals surface area (Å²) in [6.45, 7) is 5.99. The summed E-state index contributed by atoms with van der Waals surface area (Å²) in [5.41, 5.74) is 2.06. The van der Waals surface area contributed by atoms with E-state index in [9.17, 15) is 9.59 Å². The number of benzene rings is 2. The highest BCUT2D eigenvalue weighted by Crippen LogP contribution is 2.25. The fraction of sp³-hybridized carbons (Fsp3) is 0.400. The average Bonchev–Trinajstić information content (AvgIpc) is 2.76. The number of nitrogens with zero attached hydrogens (tertiary/aromatic N) is 3. The molecule has 0 saturated carbocycles. The van der Waals surface area contributed by atoms with Crippen LogP contribution in [0.2, 0.25) is 5.02 Å². The molecular weight excluding hydrogens is 410 g/mol. The lowest BCUT2D eigenvalue weighted by Gasteiger charge is -2.27. The first-order valence-electron chi connectivity index (χ1n) is 10.9. The molecule has 3 rings (SSSR count). The summed E-state index contributed by atoms with van der Waals surface area (Å²) in [5, 5.41) is 1.15. The van der Waals surface area contributed by atoms with Crippen LogP contribution >= 0.6 is 11.6 Å². The van der Waals surface area contributed by atoms with Crippen LogP contribution < -0.4 is 5.56 Å². The Morgan fingerprint density at radius 3 is 2.61 bits per heavy atom. The Morgan fingerprint density at radius 1 is 1.16 bits per heavy atom. The van der Waals surface area contributed by atoms with Gasteiger partial charge in [-0.2, -0.15) is 0 Å². The Hall–Kier alpha value is -2.66. The fourth-order valence-electron chi connectivity index (χ4n) is 3.80. The highest BCUT2D eigenvalue weighted by molar-refractivity contribution is 6.30. The minimum atomic E-state index is -0.369. The van der Waals surface area contributed by atoms with Gasteiger partial charge in [-0.05, 0) is 56.2 Å². The molecule has 1 amide bonds. The molecule has 3 aromatic rings. The number of carbonyl (C=O) groups is 1. The monoisotopic (exact) mass is 439 g/mol. The third kappa shape index (κ3) is 4.99. The van der Waals surface area contributed by atoms with Crippen molar-refractivity contribution in [1.82, 2.24) is 14.5 Å².